The molecule has 1 aliphatic carbocycles. The fraction of sp³-hybridized carbons (Fsp3) is 0.500. The SMILES string of the molecule is OC1CCC(Nc2ccc(F)cc2Br)CC1. The lowest BCUT2D eigenvalue weighted by molar-refractivity contribution is 0.126. The minimum absolute atomic E-state index is 0.144. The Morgan fingerprint density at radius 3 is 2.56 bits per heavy atom. The van der Waals surface area contributed by atoms with Crippen LogP contribution in [0.5, 0.6) is 0 Å². The van der Waals surface area contributed by atoms with Gasteiger partial charge in [-0.3, -0.25) is 0 Å². The molecule has 0 aromatic heterocycles. The minimum Gasteiger partial charge on any atom is -0.393 e. The average molecular weight is 288 g/mol. The molecule has 1 fully saturated rings. The second-order valence-corrected chi connectivity index (χ2v) is 5.13. The molecule has 1 saturated carbocycles. The topological polar surface area (TPSA) is 32.3 Å². The molecule has 0 heterocycles. The standard InChI is InChI=1S/C12H15BrFNO/c13-11-7-8(14)1-6-12(11)15-9-2-4-10(16)5-3-9/h1,6-7,9-10,15-16H,2-5H2. The second-order valence-electron chi connectivity index (χ2n) is 4.27. The maximum absolute atomic E-state index is 12.9. The van der Waals surface area contributed by atoms with E-state index in [4.69, 9.17) is 0 Å². The molecule has 2 nitrogen and oxygen atoms in total. The molecule has 4 heteroatoms. The molecule has 0 spiro atoms. The van der Waals surface area contributed by atoms with Crippen molar-refractivity contribution in [3.05, 3.63) is 28.5 Å². The van der Waals surface area contributed by atoms with Crippen LogP contribution in [0.1, 0.15) is 25.7 Å². The molecule has 2 N–H and O–H groups in total. The highest BCUT2D eigenvalue weighted by Gasteiger charge is 2.19. The number of hydrogen-bond donors (Lipinski definition) is 2. The van der Waals surface area contributed by atoms with Gasteiger partial charge in [-0.15, -0.1) is 0 Å². The van der Waals surface area contributed by atoms with Crippen LogP contribution in [0.2, 0.25) is 0 Å². The number of anilines is 1. The summed E-state index contributed by atoms with van der Waals surface area (Å²) in [5.74, 6) is -0.239. The van der Waals surface area contributed by atoms with Crippen molar-refractivity contribution in [2.75, 3.05) is 5.32 Å². The van der Waals surface area contributed by atoms with Gasteiger partial charge >= 0.3 is 0 Å². The van der Waals surface area contributed by atoms with Crippen molar-refractivity contribution in [3.63, 3.8) is 0 Å². The highest BCUT2D eigenvalue weighted by molar-refractivity contribution is 9.10. The van der Waals surface area contributed by atoms with Crippen molar-refractivity contribution in [1.82, 2.24) is 0 Å². The van der Waals surface area contributed by atoms with Crippen molar-refractivity contribution in [3.8, 4) is 0 Å². The molecule has 16 heavy (non-hydrogen) atoms. The number of nitrogens with one attached hydrogen (secondary N) is 1. The number of aliphatic hydroxyl groups excluding tert-OH is 1. The molecule has 0 aliphatic heterocycles. The fourth-order valence-electron chi connectivity index (χ4n) is 2.05. The van der Waals surface area contributed by atoms with E-state index < -0.39 is 0 Å². The molecule has 1 aliphatic rings. The Morgan fingerprint density at radius 1 is 1.25 bits per heavy atom. The van der Waals surface area contributed by atoms with E-state index in [0.29, 0.717) is 6.04 Å². The molecule has 0 amide bonds. The Balaban J connectivity index is 1.98. The van der Waals surface area contributed by atoms with Gasteiger partial charge in [-0.25, -0.2) is 4.39 Å². The molecule has 2 rings (SSSR count). The van der Waals surface area contributed by atoms with Gasteiger partial charge in [-0.1, -0.05) is 0 Å². The summed E-state index contributed by atoms with van der Waals surface area (Å²) < 4.78 is 13.6. The van der Waals surface area contributed by atoms with Crippen LogP contribution in [-0.4, -0.2) is 17.3 Å². The smallest absolute Gasteiger partial charge is 0.124 e. The van der Waals surface area contributed by atoms with Crippen LogP contribution in [0.15, 0.2) is 22.7 Å². The third-order valence-electron chi connectivity index (χ3n) is 2.99. The highest BCUT2D eigenvalue weighted by atomic mass is 79.9. The summed E-state index contributed by atoms with van der Waals surface area (Å²) in [5.41, 5.74) is 0.919. The Kier molecular flexibility index (Phi) is 3.82. The average Bonchev–Trinajstić information content (AvgIpc) is 2.25. The molecule has 0 radical (unpaired) electrons. The Morgan fingerprint density at radius 2 is 1.94 bits per heavy atom. The van der Waals surface area contributed by atoms with Crippen LogP contribution in [0.25, 0.3) is 0 Å². The van der Waals surface area contributed by atoms with Crippen molar-refractivity contribution in [2.24, 2.45) is 0 Å². The molecule has 88 valence electrons. The zero-order valence-corrected chi connectivity index (χ0v) is 10.5. The van der Waals surface area contributed by atoms with Crippen LogP contribution in [0.3, 0.4) is 0 Å². The van der Waals surface area contributed by atoms with E-state index in [1.807, 2.05) is 0 Å². The van der Waals surface area contributed by atoms with Gasteiger partial charge in [0.1, 0.15) is 5.82 Å². The molecular weight excluding hydrogens is 273 g/mol. The van der Waals surface area contributed by atoms with E-state index in [1.165, 1.54) is 12.1 Å². The summed E-state index contributed by atoms with van der Waals surface area (Å²) in [6, 6.07) is 5.03. The Labute approximate surface area is 103 Å². The van der Waals surface area contributed by atoms with Crippen LogP contribution in [0.4, 0.5) is 10.1 Å². The minimum atomic E-state index is -0.239. The number of aliphatic hydroxyl groups is 1. The van der Waals surface area contributed by atoms with Gasteiger partial charge in [0.15, 0.2) is 0 Å². The lowest BCUT2D eigenvalue weighted by atomic mass is 9.93. The fourth-order valence-corrected chi connectivity index (χ4v) is 2.51. The van der Waals surface area contributed by atoms with E-state index in [0.717, 1.165) is 35.8 Å². The van der Waals surface area contributed by atoms with Gasteiger partial charge in [-0.05, 0) is 59.8 Å². The zero-order chi connectivity index (χ0) is 11.5. The molecule has 0 atom stereocenters. The first-order chi connectivity index (χ1) is 7.65. The van der Waals surface area contributed by atoms with Crippen LogP contribution >= 0.6 is 15.9 Å². The van der Waals surface area contributed by atoms with Gasteiger partial charge in [0.2, 0.25) is 0 Å². The third-order valence-corrected chi connectivity index (χ3v) is 3.64. The highest BCUT2D eigenvalue weighted by Crippen LogP contribution is 2.27. The summed E-state index contributed by atoms with van der Waals surface area (Å²) in [7, 11) is 0. The quantitative estimate of drug-likeness (QED) is 0.875. The van der Waals surface area contributed by atoms with Crippen LogP contribution in [-0.2, 0) is 0 Å². The lowest BCUT2D eigenvalue weighted by Gasteiger charge is -2.27. The monoisotopic (exact) mass is 287 g/mol. The predicted octanol–water partition coefficient (Wildman–Crippen LogP) is 3.30. The van der Waals surface area contributed by atoms with Crippen LogP contribution < -0.4 is 5.32 Å². The van der Waals surface area contributed by atoms with E-state index >= 15 is 0 Å². The summed E-state index contributed by atoms with van der Waals surface area (Å²) in [6.45, 7) is 0. The summed E-state index contributed by atoms with van der Waals surface area (Å²) in [5, 5.41) is 12.8. The first-order valence-corrected chi connectivity index (χ1v) is 6.34. The molecule has 0 bridgehead atoms. The number of halogens is 2. The zero-order valence-electron chi connectivity index (χ0n) is 8.92. The first-order valence-electron chi connectivity index (χ1n) is 5.55. The largest absolute Gasteiger partial charge is 0.393 e. The molecule has 0 unspecified atom stereocenters. The number of benzene rings is 1. The second kappa shape index (κ2) is 5.15. The van der Waals surface area contributed by atoms with Crippen molar-refractivity contribution < 1.29 is 9.50 Å². The molecule has 1 aromatic carbocycles. The van der Waals surface area contributed by atoms with Gasteiger partial charge in [0.25, 0.3) is 0 Å². The van der Waals surface area contributed by atoms with E-state index in [2.05, 4.69) is 21.2 Å². The first kappa shape index (κ1) is 11.9. The summed E-state index contributed by atoms with van der Waals surface area (Å²) >= 11 is 3.33. The Bertz CT molecular complexity index is 364. The van der Waals surface area contributed by atoms with Crippen molar-refractivity contribution in [2.45, 2.75) is 37.8 Å². The number of rotatable bonds is 2. The lowest BCUT2D eigenvalue weighted by Crippen LogP contribution is -2.28. The van der Waals surface area contributed by atoms with Crippen LogP contribution in [0, 0.1) is 5.82 Å². The third kappa shape index (κ3) is 2.95. The van der Waals surface area contributed by atoms with Gasteiger partial charge < -0.3 is 10.4 Å². The maximum Gasteiger partial charge on any atom is 0.124 e. The Hall–Kier alpha value is -0.610. The molecule has 0 saturated heterocycles. The van der Waals surface area contributed by atoms with E-state index in [1.54, 1.807) is 6.07 Å². The van der Waals surface area contributed by atoms with Gasteiger partial charge in [0.05, 0.1) is 6.10 Å². The molecule has 1 aromatic rings. The summed E-state index contributed by atoms with van der Waals surface area (Å²) in [4.78, 5) is 0. The van der Waals surface area contributed by atoms with Crippen molar-refractivity contribution >= 4 is 21.6 Å². The van der Waals surface area contributed by atoms with Gasteiger partial charge in [0, 0.05) is 16.2 Å². The number of hydrogen-bond acceptors (Lipinski definition) is 2. The predicted molar refractivity (Wildman–Crippen MR) is 66.0 cm³/mol. The van der Waals surface area contributed by atoms with E-state index in [9.17, 15) is 9.50 Å². The van der Waals surface area contributed by atoms with Gasteiger partial charge in [-0.2, -0.15) is 0 Å². The normalized spacial score (nSPS) is 25.4. The summed E-state index contributed by atoms with van der Waals surface area (Å²) in [6.07, 6.45) is 3.47. The molecular formula is C12H15BrFNO. The van der Waals surface area contributed by atoms with Crippen molar-refractivity contribution in [1.29, 1.82) is 0 Å². The van der Waals surface area contributed by atoms with E-state index in [-0.39, 0.29) is 11.9 Å². The maximum atomic E-state index is 12.9.